The molecule has 2 unspecified atom stereocenters. The van der Waals surface area contributed by atoms with Gasteiger partial charge in [-0.25, -0.2) is 4.79 Å². The third-order valence-corrected chi connectivity index (χ3v) is 4.72. The van der Waals surface area contributed by atoms with Gasteiger partial charge in [-0.05, 0) is 64.6 Å². The van der Waals surface area contributed by atoms with Gasteiger partial charge in [-0.3, -0.25) is 0 Å². The molecule has 1 aromatic rings. The highest BCUT2D eigenvalue weighted by atomic mass is 16.6. The SMILES string of the molecule is COc1ccc(C)cc1C(CN)C1CCCN(C(=O)OC(C)(C)C)C1. The lowest BCUT2D eigenvalue weighted by atomic mass is 9.80. The normalized spacial score (nSPS) is 19.4. The van der Waals surface area contributed by atoms with Crippen LogP contribution in [0.1, 0.15) is 50.7 Å². The number of methoxy groups -OCH3 is 1. The quantitative estimate of drug-likeness (QED) is 0.901. The van der Waals surface area contributed by atoms with Crippen molar-refractivity contribution in [2.75, 3.05) is 26.7 Å². The number of nitrogens with zero attached hydrogens (tertiary/aromatic N) is 1. The maximum atomic E-state index is 12.4. The molecule has 1 amide bonds. The Kier molecular flexibility index (Phi) is 6.33. The first-order valence-corrected chi connectivity index (χ1v) is 9.07. The number of benzene rings is 1. The molecule has 140 valence electrons. The second-order valence-corrected chi connectivity index (χ2v) is 7.92. The topological polar surface area (TPSA) is 64.8 Å². The molecule has 0 aliphatic carbocycles. The zero-order chi connectivity index (χ0) is 18.6. The molecular formula is C20H32N2O3. The zero-order valence-electron chi connectivity index (χ0n) is 16.2. The third kappa shape index (κ3) is 5.11. The number of hydrogen-bond donors (Lipinski definition) is 1. The average molecular weight is 348 g/mol. The fraction of sp³-hybridized carbons (Fsp3) is 0.650. The molecule has 2 rings (SSSR count). The van der Waals surface area contributed by atoms with E-state index in [2.05, 4.69) is 13.0 Å². The van der Waals surface area contributed by atoms with E-state index in [1.54, 1.807) is 7.11 Å². The molecular weight excluding hydrogens is 316 g/mol. The molecule has 0 saturated carbocycles. The fourth-order valence-corrected chi connectivity index (χ4v) is 3.55. The monoisotopic (exact) mass is 348 g/mol. The average Bonchev–Trinajstić information content (AvgIpc) is 2.54. The molecule has 1 fully saturated rings. The number of aryl methyl sites for hydroxylation is 1. The minimum atomic E-state index is -0.475. The number of nitrogens with two attached hydrogens (primary N) is 1. The van der Waals surface area contributed by atoms with Crippen LogP contribution in [0.3, 0.4) is 0 Å². The van der Waals surface area contributed by atoms with Crippen molar-refractivity contribution in [2.24, 2.45) is 11.7 Å². The second-order valence-electron chi connectivity index (χ2n) is 7.92. The Hall–Kier alpha value is -1.75. The van der Waals surface area contributed by atoms with Gasteiger partial charge in [-0.2, -0.15) is 0 Å². The lowest BCUT2D eigenvalue weighted by molar-refractivity contribution is 0.0152. The van der Waals surface area contributed by atoms with Crippen molar-refractivity contribution >= 4 is 6.09 Å². The highest BCUT2D eigenvalue weighted by Gasteiger charge is 2.33. The predicted octanol–water partition coefficient (Wildman–Crippen LogP) is 3.69. The van der Waals surface area contributed by atoms with E-state index in [0.29, 0.717) is 19.0 Å². The number of hydrogen-bond acceptors (Lipinski definition) is 4. The Morgan fingerprint density at radius 3 is 2.72 bits per heavy atom. The van der Waals surface area contributed by atoms with Crippen molar-refractivity contribution in [3.8, 4) is 5.75 Å². The van der Waals surface area contributed by atoms with Crippen LogP contribution in [0.15, 0.2) is 18.2 Å². The Bertz CT molecular complexity index is 595. The summed E-state index contributed by atoms with van der Waals surface area (Å²) in [6.07, 6.45) is 1.79. The summed E-state index contributed by atoms with van der Waals surface area (Å²) in [5, 5.41) is 0. The molecule has 0 spiro atoms. The first kappa shape index (κ1) is 19.6. The van der Waals surface area contributed by atoms with Crippen molar-refractivity contribution in [2.45, 2.75) is 52.1 Å². The van der Waals surface area contributed by atoms with Crippen LogP contribution in [0.4, 0.5) is 4.79 Å². The summed E-state index contributed by atoms with van der Waals surface area (Å²) in [5.74, 6) is 1.34. The van der Waals surface area contributed by atoms with Crippen LogP contribution >= 0.6 is 0 Å². The van der Waals surface area contributed by atoms with Crippen LogP contribution in [0, 0.1) is 12.8 Å². The molecule has 1 saturated heterocycles. The van der Waals surface area contributed by atoms with Gasteiger partial charge >= 0.3 is 6.09 Å². The largest absolute Gasteiger partial charge is 0.496 e. The zero-order valence-corrected chi connectivity index (χ0v) is 16.2. The van der Waals surface area contributed by atoms with Crippen LogP contribution < -0.4 is 10.5 Å². The molecule has 0 aromatic heterocycles. The maximum Gasteiger partial charge on any atom is 0.410 e. The Morgan fingerprint density at radius 2 is 2.12 bits per heavy atom. The molecule has 2 atom stereocenters. The van der Waals surface area contributed by atoms with Crippen LogP contribution in [0.25, 0.3) is 0 Å². The first-order chi connectivity index (χ1) is 11.7. The van der Waals surface area contributed by atoms with Gasteiger partial charge < -0.3 is 20.1 Å². The van der Waals surface area contributed by atoms with Gasteiger partial charge in [0.2, 0.25) is 0 Å². The van der Waals surface area contributed by atoms with Gasteiger partial charge in [0.05, 0.1) is 7.11 Å². The van der Waals surface area contributed by atoms with Crippen molar-refractivity contribution in [1.29, 1.82) is 0 Å². The van der Waals surface area contributed by atoms with Crippen molar-refractivity contribution in [1.82, 2.24) is 4.90 Å². The minimum absolute atomic E-state index is 0.167. The Balaban J connectivity index is 2.18. The Labute approximate surface area is 151 Å². The summed E-state index contributed by atoms with van der Waals surface area (Å²) in [6.45, 7) is 9.71. The summed E-state index contributed by atoms with van der Waals surface area (Å²) in [6, 6.07) is 6.20. The summed E-state index contributed by atoms with van der Waals surface area (Å²) in [4.78, 5) is 14.3. The molecule has 0 radical (unpaired) electrons. The number of ether oxygens (including phenoxy) is 2. The van der Waals surface area contributed by atoms with Gasteiger partial charge in [0.25, 0.3) is 0 Å². The number of carbonyl (C=O) groups is 1. The van der Waals surface area contributed by atoms with E-state index >= 15 is 0 Å². The van der Waals surface area contributed by atoms with E-state index in [9.17, 15) is 4.79 Å². The van der Waals surface area contributed by atoms with Gasteiger partial charge in [0.15, 0.2) is 0 Å². The van der Waals surface area contributed by atoms with E-state index in [4.69, 9.17) is 15.2 Å². The van der Waals surface area contributed by atoms with Gasteiger partial charge in [-0.15, -0.1) is 0 Å². The van der Waals surface area contributed by atoms with E-state index < -0.39 is 5.60 Å². The van der Waals surface area contributed by atoms with Crippen LogP contribution in [-0.2, 0) is 4.74 Å². The fourth-order valence-electron chi connectivity index (χ4n) is 3.55. The number of rotatable bonds is 4. The molecule has 1 aliphatic rings. The molecule has 0 bridgehead atoms. The molecule has 2 N–H and O–H groups in total. The molecule has 25 heavy (non-hydrogen) atoms. The standard InChI is InChI=1S/C20H32N2O3/c1-14-8-9-18(24-5)16(11-14)17(12-21)15-7-6-10-22(13-15)19(23)25-20(2,3)4/h8-9,11,15,17H,6-7,10,12-13,21H2,1-5H3. The highest BCUT2D eigenvalue weighted by Crippen LogP contribution is 2.36. The smallest absolute Gasteiger partial charge is 0.410 e. The second kappa shape index (κ2) is 8.09. The summed E-state index contributed by atoms with van der Waals surface area (Å²) in [7, 11) is 1.69. The molecule has 1 aliphatic heterocycles. The number of piperidine rings is 1. The van der Waals surface area contributed by atoms with Crippen LogP contribution in [0.5, 0.6) is 5.75 Å². The summed E-state index contributed by atoms with van der Waals surface area (Å²) >= 11 is 0. The van der Waals surface area contributed by atoms with E-state index in [1.165, 1.54) is 5.56 Å². The highest BCUT2D eigenvalue weighted by molar-refractivity contribution is 5.68. The van der Waals surface area contributed by atoms with E-state index in [0.717, 1.165) is 30.7 Å². The van der Waals surface area contributed by atoms with Crippen molar-refractivity contribution in [3.05, 3.63) is 29.3 Å². The van der Waals surface area contributed by atoms with Gasteiger partial charge in [0, 0.05) is 19.0 Å². The summed E-state index contributed by atoms with van der Waals surface area (Å²) < 4.78 is 11.1. The predicted molar refractivity (Wildman–Crippen MR) is 100 cm³/mol. The molecule has 5 heteroatoms. The van der Waals surface area contributed by atoms with Crippen LogP contribution in [0.2, 0.25) is 0 Å². The Morgan fingerprint density at radius 1 is 1.40 bits per heavy atom. The number of amides is 1. The van der Waals surface area contributed by atoms with Gasteiger partial charge in [-0.1, -0.05) is 17.7 Å². The molecule has 1 aromatic carbocycles. The maximum absolute atomic E-state index is 12.4. The van der Waals surface area contributed by atoms with E-state index in [-0.39, 0.29) is 12.0 Å². The lowest BCUT2D eigenvalue weighted by Gasteiger charge is -2.37. The van der Waals surface area contributed by atoms with Crippen LogP contribution in [-0.4, -0.2) is 43.3 Å². The van der Waals surface area contributed by atoms with E-state index in [1.807, 2.05) is 37.8 Å². The lowest BCUT2D eigenvalue weighted by Crippen LogP contribution is -2.45. The number of likely N-dealkylation sites (tertiary alicyclic amines) is 1. The number of carbonyl (C=O) groups excluding carboxylic acids is 1. The third-order valence-electron chi connectivity index (χ3n) is 4.72. The molecule has 1 heterocycles. The minimum Gasteiger partial charge on any atom is -0.496 e. The van der Waals surface area contributed by atoms with Crippen molar-refractivity contribution in [3.63, 3.8) is 0 Å². The molecule has 5 nitrogen and oxygen atoms in total. The van der Waals surface area contributed by atoms with Gasteiger partial charge in [0.1, 0.15) is 11.4 Å². The summed E-state index contributed by atoms with van der Waals surface area (Å²) in [5.41, 5.74) is 8.00. The van der Waals surface area contributed by atoms with Crippen molar-refractivity contribution < 1.29 is 14.3 Å². The first-order valence-electron chi connectivity index (χ1n) is 9.07.